The first-order valence-corrected chi connectivity index (χ1v) is 20.9. The number of imidazole rings is 1. The van der Waals surface area contributed by atoms with Gasteiger partial charge in [0.15, 0.2) is 0 Å². The Morgan fingerprint density at radius 2 is 1.22 bits per heavy atom. The van der Waals surface area contributed by atoms with Crippen molar-refractivity contribution in [3.8, 4) is 62.1 Å². The largest absolute Gasteiger partial charge is 0.510 e. The van der Waals surface area contributed by atoms with E-state index in [2.05, 4.69) is 18.5 Å². The summed E-state index contributed by atoms with van der Waals surface area (Å²) in [6, 6.07) is 30.3. The maximum atomic E-state index is 9.03. The van der Waals surface area contributed by atoms with Crippen LogP contribution in [0.1, 0.15) is 57.7 Å². The number of pyridine rings is 1. The molecule has 3 aromatic heterocycles. The van der Waals surface area contributed by atoms with E-state index in [0.29, 0.717) is 39.4 Å². The van der Waals surface area contributed by atoms with Gasteiger partial charge in [-0.3, -0.25) is 4.57 Å². The molecule has 0 unspecified atom stereocenters. The average Bonchev–Trinajstić information content (AvgIpc) is 4.32. The molecule has 0 spiro atoms. The van der Waals surface area contributed by atoms with Crippen LogP contribution >= 0.6 is 0 Å². The summed E-state index contributed by atoms with van der Waals surface area (Å²) in [6.07, 6.45) is 8.74. The third-order valence-corrected chi connectivity index (χ3v) is 11.8. The van der Waals surface area contributed by atoms with Gasteiger partial charge in [0.2, 0.25) is 0 Å². The van der Waals surface area contributed by atoms with Crippen LogP contribution in [0, 0.1) is 18.5 Å². The van der Waals surface area contributed by atoms with Crippen LogP contribution in [-0.2, 0) is 21.1 Å². The van der Waals surface area contributed by atoms with Crippen molar-refractivity contribution in [2.75, 3.05) is 0 Å². The Balaban J connectivity index is 0.00000675. The summed E-state index contributed by atoms with van der Waals surface area (Å²) in [5.74, 6) is 1.25. The van der Waals surface area contributed by atoms with E-state index < -0.39 is 78.6 Å². The molecule has 5 nitrogen and oxygen atoms in total. The average molecular weight is 1030 g/mol. The van der Waals surface area contributed by atoms with E-state index in [4.69, 9.17) is 30.3 Å². The molecule has 0 amide bonds. The van der Waals surface area contributed by atoms with E-state index in [1.54, 1.807) is 69.9 Å². The van der Waals surface area contributed by atoms with Gasteiger partial charge in [-0.15, -0.1) is 29.7 Å². The molecule has 0 bridgehead atoms. The number of rotatable bonds is 9. The number of hydrogen-bond donors (Lipinski definition) is 0. The minimum atomic E-state index is -0.594. The topological polar surface area (TPSA) is 35.9 Å². The Hall–Kier alpha value is -7.33. The standard InChI is InChI=1S/C59H42N4O.Pt/c1-4-18-41(19-5-1)48-29-17-30-49(42-20-6-2-7-21-42)59(48)62-40-61(55-32-14-15-33-56(55)62)45-26-16-27-46(36-45)64-47-34-35-51-50-28-12-13-31-54(50)63(57(51)37-47)58-38-52(43-24-10-11-25-43)53(39-60-58)44-22-8-3-9-23-44;/h1-9,12-23,26-35,38-39,43H,10-11,24-25H2;/q-2;/i1D,2D,3D,4D,5D,6D,7D,8D,9D,18D,19D,20D,21D,22D,23D;. The van der Waals surface area contributed by atoms with Crippen LogP contribution in [0.2, 0.25) is 0 Å². The minimum absolute atomic E-state index is 0. The fraction of sp³-hybridized carbons (Fsp3) is 0.0847. The molecule has 0 radical (unpaired) electrons. The molecule has 1 fully saturated rings. The number of ether oxygens (including phenoxy) is 1. The number of fused-ring (bicyclic) bond motifs is 4. The third-order valence-electron chi connectivity index (χ3n) is 11.8. The van der Waals surface area contributed by atoms with Crippen LogP contribution in [0.3, 0.4) is 0 Å². The zero-order chi connectivity index (χ0) is 55.5. The van der Waals surface area contributed by atoms with Crippen molar-refractivity contribution < 1.29 is 50.9 Å². The summed E-state index contributed by atoms with van der Waals surface area (Å²) in [7, 11) is 0. The van der Waals surface area contributed by atoms with Gasteiger partial charge in [0, 0.05) is 49.8 Å². The molecule has 1 aliphatic rings. The van der Waals surface area contributed by atoms with Crippen LogP contribution in [0.25, 0.3) is 83.4 Å². The Morgan fingerprint density at radius 1 is 0.600 bits per heavy atom. The molecule has 0 aliphatic heterocycles. The Kier molecular flexibility index (Phi) is 7.22. The van der Waals surface area contributed by atoms with Crippen molar-refractivity contribution in [2.45, 2.75) is 31.6 Å². The minimum Gasteiger partial charge on any atom is -0.510 e. The van der Waals surface area contributed by atoms with Gasteiger partial charge < -0.3 is 13.9 Å². The molecule has 0 N–H and O–H groups in total. The molecule has 8 aromatic carbocycles. The van der Waals surface area contributed by atoms with Gasteiger partial charge in [0.25, 0.3) is 6.33 Å². The van der Waals surface area contributed by atoms with Crippen molar-refractivity contribution in [3.63, 3.8) is 0 Å². The second-order valence-corrected chi connectivity index (χ2v) is 15.5. The molecule has 1 saturated carbocycles. The predicted octanol–water partition coefficient (Wildman–Crippen LogP) is 14.2. The zero-order valence-corrected chi connectivity index (χ0v) is 36.6. The first-order valence-electron chi connectivity index (χ1n) is 28.4. The predicted molar refractivity (Wildman–Crippen MR) is 257 cm³/mol. The normalized spacial score (nSPS) is 16.0. The van der Waals surface area contributed by atoms with Crippen molar-refractivity contribution in [1.82, 2.24) is 14.1 Å². The van der Waals surface area contributed by atoms with Crippen LogP contribution in [0.15, 0.2) is 200 Å². The molecule has 12 rings (SSSR count). The van der Waals surface area contributed by atoms with Gasteiger partial charge in [-0.2, -0.15) is 18.2 Å². The summed E-state index contributed by atoms with van der Waals surface area (Å²) < 4.78 is 142. The van der Waals surface area contributed by atoms with E-state index in [1.807, 2.05) is 53.1 Å². The number of hydrogen-bond acceptors (Lipinski definition) is 2. The maximum absolute atomic E-state index is 9.03. The second kappa shape index (κ2) is 17.3. The van der Waals surface area contributed by atoms with Crippen molar-refractivity contribution in [2.24, 2.45) is 0 Å². The van der Waals surface area contributed by atoms with Gasteiger partial charge in [-0.1, -0.05) is 170 Å². The van der Waals surface area contributed by atoms with E-state index >= 15 is 0 Å². The Bertz CT molecular complexity index is 4230. The van der Waals surface area contributed by atoms with E-state index in [0.717, 1.165) is 47.5 Å². The number of nitrogens with zero attached hydrogens (tertiary/aromatic N) is 4. The molecule has 11 aromatic rings. The summed E-state index contributed by atoms with van der Waals surface area (Å²) in [5, 5.41) is 1.79. The zero-order valence-electron chi connectivity index (χ0n) is 49.3. The molecule has 3 heterocycles. The smallest absolute Gasteiger partial charge is 0.268 e. The van der Waals surface area contributed by atoms with Crippen molar-refractivity contribution in [3.05, 3.63) is 224 Å². The maximum Gasteiger partial charge on any atom is 0.268 e. The molecular weight excluding hydrogens is 976 g/mol. The summed E-state index contributed by atoms with van der Waals surface area (Å²) in [4.78, 5) is 4.95. The fourth-order valence-electron chi connectivity index (χ4n) is 9.03. The Morgan fingerprint density at radius 3 is 1.92 bits per heavy atom. The number of aromatic nitrogens is 4. The molecule has 316 valence electrons. The van der Waals surface area contributed by atoms with Crippen LogP contribution in [0.4, 0.5) is 0 Å². The SMILES string of the molecule is [2H]c1c([2H])c([2H])c(-c2cnc(-n3c4[c-]c(Oc5[c-]c(-n6[c-][n+](-c7c(-c8c([2H])c([2H])c([2H])c([2H])c8[2H])cccc7-c7c([2H])c([2H])c([2H])c([2H])c7[2H])c7ccccc76)ccc5)ccc4c4ccccc43)cc2C2CCCC2)c([2H])c1[2H].[Pt]. The van der Waals surface area contributed by atoms with Crippen LogP contribution in [-0.4, -0.2) is 14.1 Å². The van der Waals surface area contributed by atoms with Crippen LogP contribution in [0.5, 0.6) is 11.5 Å². The molecule has 0 saturated heterocycles. The Labute approximate surface area is 414 Å². The summed E-state index contributed by atoms with van der Waals surface area (Å²) >= 11 is 0. The first-order chi connectivity index (χ1) is 38.0. The van der Waals surface area contributed by atoms with E-state index in [9.17, 15) is 0 Å². The second-order valence-electron chi connectivity index (χ2n) is 15.5. The monoisotopic (exact) mass is 1030 g/mol. The number of benzene rings is 8. The number of para-hydroxylation sites is 4. The molecule has 0 atom stereocenters. The van der Waals surface area contributed by atoms with Gasteiger partial charge in [0.1, 0.15) is 5.82 Å². The summed E-state index contributed by atoms with van der Waals surface area (Å²) in [5.41, 5.74) is 4.48. The molecular formula is C59H42N4OPt-2. The summed E-state index contributed by atoms with van der Waals surface area (Å²) in [6.45, 7) is 0. The molecule has 6 heteroatoms. The van der Waals surface area contributed by atoms with Crippen molar-refractivity contribution >= 4 is 32.8 Å². The third kappa shape index (κ3) is 7.36. The van der Waals surface area contributed by atoms with Gasteiger partial charge in [-0.25, -0.2) is 4.98 Å². The van der Waals surface area contributed by atoms with Gasteiger partial charge in [-0.05, 0) is 75.3 Å². The van der Waals surface area contributed by atoms with Gasteiger partial charge >= 0.3 is 0 Å². The van der Waals surface area contributed by atoms with Crippen LogP contribution < -0.4 is 9.30 Å². The molecule has 1 aliphatic carbocycles. The first kappa shape index (κ1) is 27.1. The van der Waals surface area contributed by atoms with Crippen molar-refractivity contribution in [1.29, 1.82) is 0 Å². The quantitative estimate of drug-likeness (QED) is 0.107. The van der Waals surface area contributed by atoms with E-state index in [-0.39, 0.29) is 78.3 Å². The van der Waals surface area contributed by atoms with Gasteiger partial charge in [0.05, 0.1) is 37.3 Å². The molecule has 65 heavy (non-hydrogen) atoms. The van der Waals surface area contributed by atoms with E-state index in [1.165, 1.54) is 0 Å². The fourth-order valence-corrected chi connectivity index (χ4v) is 9.03.